The van der Waals surface area contributed by atoms with E-state index < -0.39 is 0 Å². The van der Waals surface area contributed by atoms with E-state index >= 15 is 0 Å². The molecule has 1 amide bonds. The molecule has 0 fully saturated rings. The first kappa shape index (κ1) is 16.8. The van der Waals surface area contributed by atoms with Gasteiger partial charge in [0.1, 0.15) is 0 Å². The van der Waals surface area contributed by atoms with Crippen LogP contribution in [0, 0.1) is 13.8 Å². The lowest BCUT2D eigenvalue weighted by atomic mass is 10.1. The molecule has 2 heterocycles. The zero-order chi connectivity index (χ0) is 18.3. The number of ether oxygens (including phenoxy) is 2. The number of amides is 1. The molecular weight excluding hydrogens is 352 g/mol. The molecule has 4 rings (SSSR count). The fraction of sp³-hybridized carbons (Fsp3) is 0.250. The van der Waals surface area contributed by atoms with Crippen LogP contribution in [0.2, 0.25) is 5.02 Å². The summed E-state index contributed by atoms with van der Waals surface area (Å²) in [6.07, 6.45) is 0.809. The Labute approximate surface area is 156 Å². The molecule has 1 aliphatic rings. The third kappa shape index (κ3) is 2.99. The number of benzene rings is 2. The summed E-state index contributed by atoms with van der Waals surface area (Å²) in [5.74, 6) is 0.974. The van der Waals surface area contributed by atoms with Crippen molar-refractivity contribution in [2.75, 3.05) is 18.5 Å². The molecule has 2 N–H and O–H groups in total. The van der Waals surface area contributed by atoms with Gasteiger partial charge in [-0.3, -0.25) is 4.79 Å². The average Bonchev–Trinajstić information content (AvgIpc) is 2.78. The number of rotatable bonds is 2. The maximum Gasteiger partial charge on any atom is 0.255 e. The summed E-state index contributed by atoms with van der Waals surface area (Å²) < 4.78 is 11.3. The van der Waals surface area contributed by atoms with Crippen molar-refractivity contribution in [2.45, 2.75) is 20.3 Å². The van der Waals surface area contributed by atoms with Gasteiger partial charge in [-0.05, 0) is 37.6 Å². The fourth-order valence-corrected chi connectivity index (χ4v) is 3.28. The van der Waals surface area contributed by atoms with E-state index in [0.717, 1.165) is 28.6 Å². The minimum atomic E-state index is -0.221. The van der Waals surface area contributed by atoms with Crippen LogP contribution in [0.3, 0.4) is 0 Å². The number of aryl methyl sites for hydroxylation is 2. The lowest BCUT2D eigenvalue weighted by molar-refractivity contribution is 0.102. The molecule has 0 saturated heterocycles. The molecule has 3 aromatic rings. The summed E-state index contributed by atoms with van der Waals surface area (Å²) in [4.78, 5) is 16.0. The van der Waals surface area contributed by atoms with Gasteiger partial charge in [0.25, 0.3) is 5.91 Å². The Morgan fingerprint density at radius 2 is 1.85 bits per heavy atom. The van der Waals surface area contributed by atoms with Crippen molar-refractivity contribution in [3.05, 3.63) is 52.2 Å². The van der Waals surface area contributed by atoms with E-state index in [0.29, 0.717) is 41.0 Å². The molecular formula is C20H19ClN2O3. The first-order chi connectivity index (χ1) is 12.5. The number of hydrogen-bond acceptors (Lipinski definition) is 3. The van der Waals surface area contributed by atoms with Gasteiger partial charge in [0.15, 0.2) is 11.5 Å². The van der Waals surface area contributed by atoms with Gasteiger partial charge in [-0.25, -0.2) is 0 Å². The van der Waals surface area contributed by atoms with Crippen molar-refractivity contribution >= 4 is 34.1 Å². The van der Waals surface area contributed by atoms with Crippen LogP contribution in [0.1, 0.15) is 28.0 Å². The molecule has 0 atom stereocenters. The zero-order valence-corrected chi connectivity index (χ0v) is 15.4. The van der Waals surface area contributed by atoms with Gasteiger partial charge < -0.3 is 19.8 Å². The predicted octanol–water partition coefficient (Wildman–Crippen LogP) is 4.85. The van der Waals surface area contributed by atoms with Crippen molar-refractivity contribution < 1.29 is 14.3 Å². The number of anilines is 1. The van der Waals surface area contributed by atoms with E-state index in [-0.39, 0.29) is 5.91 Å². The lowest BCUT2D eigenvalue weighted by Crippen LogP contribution is -2.12. The van der Waals surface area contributed by atoms with E-state index in [1.165, 1.54) is 0 Å². The Morgan fingerprint density at radius 1 is 1.12 bits per heavy atom. The second-order valence-corrected chi connectivity index (χ2v) is 6.83. The van der Waals surface area contributed by atoms with E-state index in [4.69, 9.17) is 21.1 Å². The maximum absolute atomic E-state index is 12.7. The number of hydrogen-bond donors (Lipinski definition) is 2. The van der Waals surface area contributed by atoms with Crippen LogP contribution < -0.4 is 14.8 Å². The van der Waals surface area contributed by atoms with Crippen LogP contribution in [-0.2, 0) is 0 Å². The minimum Gasteiger partial charge on any atom is -0.490 e. The highest BCUT2D eigenvalue weighted by molar-refractivity contribution is 6.34. The number of carbonyl (C=O) groups is 1. The zero-order valence-electron chi connectivity index (χ0n) is 14.6. The van der Waals surface area contributed by atoms with Crippen molar-refractivity contribution in [3.8, 4) is 11.5 Å². The first-order valence-electron chi connectivity index (χ1n) is 8.52. The van der Waals surface area contributed by atoms with Gasteiger partial charge in [-0.2, -0.15) is 0 Å². The molecule has 0 bridgehead atoms. The highest BCUT2D eigenvalue weighted by Gasteiger charge is 2.17. The number of halogens is 1. The SMILES string of the molecule is Cc1[nH]c2ccc(C(=O)Nc3cc4c(cc3Cl)OCCCO4)cc2c1C. The molecule has 0 radical (unpaired) electrons. The molecule has 1 aromatic heterocycles. The second kappa shape index (κ2) is 6.57. The number of fused-ring (bicyclic) bond motifs is 2. The van der Waals surface area contributed by atoms with Crippen LogP contribution in [0.25, 0.3) is 10.9 Å². The predicted molar refractivity (Wildman–Crippen MR) is 103 cm³/mol. The number of aromatic amines is 1. The summed E-state index contributed by atoms with van der Waals surface area (Å²) in [6, 6.07) is 9.00. The van der Waals surface area contributed by atoms with Crippen LogP contribution in [0.4, 0.5) is 5.69 Å². The Kier molecular flexibility index (Phi) is 4.24. The molecule has 1 aliphatic heterocycles. The molecule has 0 saturated carbocycles. The standard InChI is InChI=1S/C20H19ClN2O3/c1-11-12(2)22-16-5-4-13(8-14(11)16)20(24)23-17-10-19-18(9-15(17)21)25-6-3-7-26-19/h4-5,8-10,22H,3,6-7H2,1-2H3,(H,23,24). The number of carbonyl (C=O) groups excluding carboxylic acids is 1. The molecule has 0 spiro atoms. The maximum atomic E-state index is 12.7. The van der Waals surface area contributed by atoms with Gasteiger partial charge in [0.2, 0.25) is 0 Å². The fourth-order valence-electron chi connectivity index (χ4n) is 3.08. The third-order valence-corrected chi connectivity index (χ3v) is 4.97. The van der Waals surface area contributed by atoms with Crippen LogP contribution in [-0.4, -0.2) is 24.1 Å². The summed E-state index contributed by atoms with van der Waals surface area (Å²) in [6.45, 7) is 5.22. The molecule has 134 valence electrons. The van der Waals surface area contributed by atoms with E-state index in [9.17, 15) is 4.79 Å². The van der Waals surface area contributed by atoms with Crippen molar-refractivity contribution in [3.63, 3.8) is 0 Å². The Balaban J connectivity index is 1.64. The number of H-pyrrole nitrogens is 1. The Morgan fingerprint density at radius 3 is 2.62 bits per heavy atom. The lowest BCUT2D eigenvalue weighted by Gasteiger charge is -2.12. The van der Waals surface area contributed by atoms with Gasteiger partial charge in [-0.15, -0.1) is 0 Å². The number of nitrogens with one attached hydrogen (secondary N) is 2. The minimum absolute atomic E-state index is 0.221. The van der Waals surface area contributed by atoms with Crippen LogP contribution in [0.15, 0.2) is 30.3 Å². The normalized spacial score (nSPS) is 13.5. The second-order valence-electron chi connectivity index (χ2n) is 6.42. The first-order valence-corrected chi connectivity index (χ1v) is 8.90. The summed E-state index contributed by atoms with van der Waals surface area (Å²) in [5, 5.41) is 4.33. The molecule has 0 unspecified atom stereocenters. The van der Waals surface area contributed by atoms with Crippen molar-refractivity contribution in [2.24, 2.45) is 0 Å². The summed E-state index contributed by atoms with van der Waals surface area (Å²) >= 11 is 6.31. The Bertz CT molecular complexity index is 1010. The Hall–Kier alpha value is -2.66. The van der Waals surface area contributed by atoms with E-state index in [1.54, 1.807) is 18.2 Å². The monoisotopic (exact) mass is 370 g/mol. The van der Waals surface area contributed by atoms with E-state index in [1.807, 2.05) is 26.0 Å². The molecule has 0 aliphatic carbocycles. The average molecular weight is 371 g/mol. The number of aromatic nitrogens is 1. The highest BCUT2D eigenvalue weighted by atomic mass is 35.5. The van der Waals surface area contributed by atoms with Gasteiger partial charge in [0.05, 0.1) is 23.9 Å². The summed E-state index contributed by atoms with van der Waals surface area (Å²) in [5.41, 5.74) is 4.34. The van der Waals surface area contributed by atoms with E-state index in [2.05, 4.69) is 10.3 Å². The van der Waals surface area contributed by atoms with Crippen molar-refractivity contribution in [1.82, 2.24) is 4.98 Å². The van der Waals surface area contributed by atoms with Crippen LogP contribution in [0.5, 0.6) is 11.5 Å². The van der Waals surface area contributed by atoms with Gasteiger partial charge in [-0.1, -0.05) is 11.6 Å². The van der Waals surface area contributed by atoms with Gasteiger partial charge in [0, 0.05) is 40.7 Å². The molecule has 6 heteroatoms. The highest BCUT2D eigenvalue weighted by Crippen LogP contribution is 2.38. The topological polar surface area (TPSA) is 63.4 Å². The summed E-state index contributed by atoms with van der Waals surface area (Å²) in [7, 11) is 0. The molecule has 26 heavy (non-hydrogen) atoms. The van der Waals surface area contributed by atoms with Crippen molar-refractivity contribution in [1.29, 1.82) is 0 Å². The smallest absolute Gasteiger partial charge is 0.255 e. The third-order valence-electron chi connectivity index (χ3n) is 4.66. The van der Waals surface area contributed by atoms with Crippen LogP contribution >= 0.6 is 11.6 Å². The van der Waals surface area contributed by atoms with Gasteiger partial charge >= 0.3 is 0 Å². The molecule has 5 nitrogen and oxygen atoms in total. The largest absolute Gasteiger partial charge is 0.490 e. The molecule has 2 aromatic carbocycles. The quantitative estimate of drug-likeness (QED) is 0.677.